The summed E-state index contributed by atoms with van der Waals surface area (Å²) in [7, 11) is 1.44. The molecule has 25 heavy (non-hydrogen) atoms. The van der Waals surface area contributed by atoms with Crippen molar-refractivity contribution in [3.05, 3.63) is 59.7 Å². The molecule has 2 aromatic rings. The number of phenols is 1. The largest absolute Gasteiger partial charge is 0.504 e. The van der Waals surface area contributed by atoms with Gasteiger partial charge in [0.1, 0.15) is 6.04 Å². The van der Waals surface area contributed by atoms with Gasteiger partial charge in [0.2, 0.25) is 0 Å². The van der Waals surface area contributed by atoms with Crippen LogP contribution in [0.15, 0.2) is 48.5 Å². The molecule has 1 aliphatic heterocycles. The van der Waals surface area contributed by atoms with Crippen molar-refractivity contribution in [3.63, 3.8) is 0 Å². The first-order chi connectivity index (χ1) is 12.0. The molecule has 0 saturated carbocycles. The second kappa shape index (κ2) is 6.68. The molecule has 0 unspecified atom stereocenters. The zero-order valence-electron chi connectivity index (χ0n) is 13.5. The standard InChI is InChI=1S/C19H17NO5/c1-25-17-10-12(6-8-16(17)21)7-9-18(22)20-14-5-3-2-4-13(14)11-15(20)19(23)24/h2-10,15,21H,11H2,1H3,(H,23,24)/b9-7+/t15-/m1/s1. The number of methoxy groups -OCH3 is 1. The number of nitrogens with zero attached hydrogens (tertiary/aromatic N) is 1. The molecule has 6 nitrogen and oxygen atoms in total. The van der Waals surface area contributed by atoms with Crippen LogP contribution in [0.1, 0.15) is 11.1 Å². The zero-order chi connectivity index (χ0) is 18.0. The number of aromatic hydroxyl groups is 1. The molecule has 128 valence electrons. The van der Waals surface area contributed by atoms with Crippen LogP contribution >= 0.6 is 0 Å². The van der Waals surface area contributed by atoms with Gasteiger partial charge < -0.3 is 14.9 Å². The molecule has 0 fully saturated rings. The first kappa shape index (κ1) is 16.6. The fraction of sp³-hybridized carbons (Fsp3) is 0.158. The Bertz CT molecular complexity index is 859. The van der Waals surface area contributed by atoms with E-state index >= 15 is 0 Å². The molecule has 0 aromatic heterocycles. The molecule has 6 heteroatoms. The molecule has 2 N–H and O–H groups in total. The lowest BCUT2D eigenvalue weighted by molar-refractivity contribution is -0.139. The molecule has 2 aromatic carbocycles. The number of carboxylic acids is 1. The highest BCUT2D eigenvalue weighted by molar-refractivity contribution is 6.09. The van der Waals surface area contributed by atoms with Crippen molar-refractivity contribution < 1.29 is 24.5 Å². The number of fused-ring (bicyclic) bond motifs is 1. The van der Waals surface area contributed by atoms with Gasteiger partial charge in [-0.05, 0) is 35.4 Å². The SMILES string of the molecule is COc1cc(/C=C/C(=O)N2c3ccccc3C[C@@H]2C(=O)O)ccc1O. The molecule has 0 saturated heterocycles. The van der Waals surface area contributed by atoms with Crippen LogP contribution in [0.5, 0.6) is 11.5 Å². The molecule has 0 radical (unpaired) electrons. The van der Waals surface area contributed by atoms with Gasteiger partial charge in [-0.25, -0.2) is 4.79 Å². The van der Waals surface area contributed by atoms with E-state index in [1.165, 1.54) is 24.2 Å². The number of hydrogen-bond donors (Lipinski definition) is 2. The average Bonchev–Trinajstić information content (AvgIpc) is 3.00. The van der Waals surface area contributed by atoms with E-state index < -0.39 is 17.9 Å². The van der Waals surface area contributed by atoms with Crippen LogP contribution in [-0.2, 0) is 16.0 Å². The summed E-state index contributed by atoms with van der Waals surface area (Å²) >= 11 is 0. The molecule has 0 spiro atoms. The van der Waals surface area contributed by atoms with Crippen molar-refractivity contribution >= 4 is 23.6 Å². The summed E-state index contributed by atoms with van der Waals surface area (Å²) in [4.78, 5) is 25.4. The Morgan fingerprint density at radius 3 is 2.72 bits per heavy atom. The molecule has 3 rings (SSSR count). The minimum Gasteiger partial charge on any atom is -0.504 e. The van der Waals surface area contributed by atoms with Gasteiger partial charge in [0.15, 0.2) is 11.5 Å². The van der Waals surface area contributed by atoms with Crippen molar-refractivity contribution in [2.75, 3.05) is 12.0 Å². The summed E-state index contributed by atoms with van der Waals surface area (Å²) in [5.41, 5.74) is 2.11. The second-order valence-electron chi connectivity index (χ2n) is 5.66. The van der Waals surface area contributed by atoms with Crippen molar-refractivity contribution in [2.45, 2.75) is 12.5 Å². The third-order valence-electron chi connectivity index (χ3n) is 4.12. The molecule has 0 aliphatic carbocycles. The normalized spacial score (nSPS) is 16.0. The van der Waals surface area contributed by atoms with Crippen LogP contribution in [0.3, 0.4) is 0 Å². The molecular weight excluding hydrogens is 322 g/mol. The fourth-order valence-corrected chi connectivity index (χ4v) is 2.90. The number of rotatable bonds is 4. The highest BCUT2D eigenvalue weighted by Crippen LogP contribution is 2.32. The van der Waals surface area contributed by atoms with E-state index in [4.69, 9.17) is 4.74 Å². The van der Waals surface area contributed by atoms with Crippen molar-refractivity contribution in [2.24, 2.45) is 0 Å². The molecule has 1 amide bonds. The van der Waals surface area contributed by atoms with Crippen molar-refractivity contribution in [1.29, 1.82) is 0 Å². The third-order valence-corrected chi connectivity index (χ3v) is 4.12. The Morgan fingerprint density at radius 2 is 2.00 bits per heavy atom. The molecule has 1 atom stereocenters. The highest BCUT2D eigenvalue weighted by Gasteiger charge is 2.37. The van der Waals surface area contributed by atoms with E-state index in [1.807, 2.05) is 12.1 Å². The van der Waals surface area contributed by atoms with Gasteiger partial charge in [0, 0.05) is 18.2 Å². The Hall–Kier alpha value is -3.28. The molecule has 0 bridgehead atoms. The van der Waals surface area contributed by atoms with Gasteiger partial charge in [-0.3, -0.25) is 9.69 Å². The monoisotopic (exact) mass is 339 g/mol. The Morgan fingerprint density at radius 1 is 1.24 bits per heavy atom. The number of ether oxygens (including phenoxy) is 1. The van der Waals surface area contributed by atoms with E-state index in [0.717, 1.165) is 5.56 Å². The number of para-hydroxylation sites is 1. The maximum absolute atomic E-state index is 12.6. The smallest absolute Gasteiger partial charge is 0.327 e. The lowest BCUT2D eigenvalue weighted by Crippen LogP contribution is -2.42. The highest BCUT2D eigenvalue weighted by atomic mass is 16.5. The molecule has 1 aliphatic rings. The minimum atomic E-state index is -1.04. The van der Waals surface area contributed by atoms with Gasteiger partial charge in [-0.2, -0.15) is 0 Å². The lowest BCUT2D eigenvalue weighted by atomic mass is 10.1. The van der Waals surface area contributed by atoms with Gasteiger partial charge in [0.05, 0.1) is 7.11 Å². The number of amides is 1. The van der Waals surface area contributed by atoms with Crippen molar-refractivity contribution in [1.82, 2.24) is 0 Å². The average molecular weight is 339 g/mol. The Balaban J connectivity index is 1.87. The Labute approximate surface area is 144 Å². The summed E-state index contributed by atoms with van der Waals surface area (Å²) in [5, 5.41) is 19.0. The topological polar surface area (TPSA) is 87.1 Å². The number of carbonyl (C=O) groups excluding carboxylic acids is 1. The fourth-order valence-electron chi connectivity index (χ4n) is 2.90. The number of carbonyl (C=O) groups is 2. The van der Waals surface area contributed by atoms with E-state index in [1.54, 1.807) is 30.3 Å². The van der Waals surface area contributed by atoms with Crippen LogP contribution in [0.2, 0.25) is 0 Å². The van der Waals surface area contributed by atoms with Crippen LogP contribution in [0, 0.1) is 0 Å². The maximum atomic E-state index is 12.6. The van der Waals surface area contributed by atoms with E-state index in [9.17, 15) is 19.8 Å². The van der Waals surface area contributed by atoms with Crippen LogP contribution < -0.4 is 9.64 Å². The van der Waals surface area contributed by atoms with Gasteiger partial charge in [-0.15, -0.1) is 0 Å². The first-order valence-corrected chi connectivity index (χ1v) is 7.70. The quantitative estimate of drug-likeness (QED) is 0.836. The van der Waals surface area contributed by atoms with Gasteiger partial charge in [0.25, 0.3) is 5.91 Å². The van der Waals surface area contributed by atoms with Crippen LogP contribution in [-0.4, -0.2) is 35.2 Å². The van der Waals surface area contributed by atoms with Gasteiger partial charge in [-0.1, -0.05) is 24.3 Å². The third kappa shape index (κ3) is 3.19. The Kier molecular flexibility index (Phi) is 4.43. The van der Waals surface area contributed by atoms with Crippen molar-refractivity contribution in [3.8, 4) is 11.5 Å². The number of phenolic OH excluding ortho intramolecular Hbond substituents is 1. The second-order valence-corrected chi connectivity index (χ2v) is 5.66. The number of hydrogen-bond acceptors (Lipinski definition) is 4. The summed E-state index contributed by atoms with van der Waals surface area (Å²) in [5.74, 6) is -1.15. The summed E-state index contributed by atoms with van der Waals surface area (Å²) in [6.07, 6.45) is 3.17. The van der Waals surface area contributed by atoms with E-state index in [0.29, 0.717) is 17.0 Å². The predicted octanol–water partition coefficient (Wildman–Crippen LogP) is 2.46. The number of anilines is 1. The zero-order valence-corrected chi connectivity index (χ0v) is 13.5. The van der Waals surface area contributed by atoms with Crippen LogP contribution in [0.4, 0.5) is 5.69 Å². The summed E-state index contributed by atoms with van der Waals surface area (Å²) in [6, 6.07) is 10.9. The summed E-state index contributed by atoms with van der Waals surface area (Å²) in [6.45, 7) is 0. The lowest BCUT2D eigenvalue weighted by Gasteiger charge is -2.21. The van der Waals surface area contributed by atoms with Crippen LogP contribution in [0.25, 0.3) is 6.08 Å². The van der Waals surface area contributed by atoms with E-state index in [-0.39, 0.29) is 12.2 Å². The van der Waals surface area contributed by atoms with Gasteiger partial charge >= 0.3 is 5.97 Å². The molecule has 1 heterocycles. The number of aliphatic carboxylic acids is 1. The maximum Gasteiger partial charge on any atom is 0.327 e. The molecular formula is C19H17NO5. The predicted molar refractivity (Wildman–Crippen MR) is 92.7 cm³/mol. The minimum absolute atomic E-state index is 0.00499. The number of carboxylic acid groups (broad SMARTS) is 1. The summed E-state index contributed by atoms with van der Waals surface area (Å²) < 4.78 is 5.03. The van der Waals surface area contributed by atoms with E-state index in [2.05, 4.69) is 0 Å². The first-order valence-electron chi connectivity index (χ1n) is 7.70. The number of benzene rings is 2.